The quantitative estimate of drug-likeness (QED) is 0.492. The number of alkyl halides is 3. The maximum atomic E-state index is 13.0. The van der Waals surface area contributed by atoms with Crippen molar-refractivity contribution >= 4 is 34.4 Å². The molecule has 1 N–H and O–H groups in total. The third-order valence-corrected chi connectivity index (χ3v) is 4.95. The number of anilines is 2. The van der Waals surface area contributed by atoms with Crippen LogP contribution in [0.15, 0.2) is 35.5 Å². The molecule has 0 saturated heterocycles. The van der Waals surface area contributed by atoms with E-state index in [9.17, 15) is 13.2 Å². The van der Waals surface area contributed by atoms with Gasteiger partial charge in [-0.05, 0) is 58.1 Å². The van der Waals surface area contributed by atoms with E-state index in [4.69, 9.17) is 4.74 Å². The second-order valence-electron chi connectivity index (χ2n) is 6.57. The van der Waals surface area contributed by atoms with Gasteiger partial charge in [-0.3, -0.25) is 4.31 Å². The molecule has 0 bridgehead atoms. The monoisotopic (exact) mass is 456 g/mol. The zero-order chi connectivity index (χ0) is 21.9. The van der Waals surface area contributed by atoms with E-state index in [0.29, 0.717) is 27.3 Å². The molecule has 0 atom stereocenters. The van der Waals surface area contributed by atoms with Gasteiger partial charge in [0, 0.05) is 17.7 Å². The molecule has 0 spiro atoms. The Bertz CT molecular complexity index is 992. The van der Waals surface area contributed by atoms with Crippen molar-refractivity contribution in [2.75, 3.05) is 19.4 Å². The van der Waals surface area contributed by atoms with Crippen molar-refractivity contribution in [3.05, 3.63) is 36.2 Å². The number of hydrogen-bond donors (Lipinski definition) is 1. The highest BCUT2D eigenvalue weighted by Crippen LogP contribution is 2.36. The fraction of sp³-hybridized carbons (Fsp3) is 0.333. The van der Waals surface area contributed by atoms with Crippen molar-refractivity contribution in [2.45, 2.75) is 31.0 Å². The molecule has 12 heteroatoms. The maximum absolute atomic E-state index is 13.0. The normalized spacial score (nSPS) is 11.9. The Balaban J connectivity index is 1.81. The zero-order valence-electron chi connectivity index (χ0n) is 16.6. The Morgan fingerprint density at radius 2 is 1.93 bits per heavy atom. The third-order valence-electron chi connectivity index (χ3n) is 3.45. The third kappa shape index (κ3) is 5.80. The molecule has 3 aromatic heterocycles. The summed E-state index contributed by atoms with van der Waals surface area (Å²) < 4.78 is 50.6. The van der Waals surface area contributed by atoms with Gasteiger partial charge in [0.05, 0.1) is 22.8 Å². The molecule has 0 radical (unpaired) electrons. The molecule has 0 saturated carbocycles. The molecule has 0 aromatic carbocycles. The van der Waals surface area contributed by atoms with E-state index in [-0.39, 0.29) is 11.9 Å². The SMILES string of the molecule is CC(C)Oc1ccc(-c2nsc(Nc3ncc(C(F)(F)F)cc3SN(C)C)n2)nc1. The van der Waals surface area contributed by atoms with Gasteiger partial charge in [-0.25, -0.2) is 9.97 Å². The van der Waals surface area contributed by atoms with E-state index in [1.165, 1.54) is 0 Å². The first kappa shape index (κ1) is 22.2. The Morgan fingerprint density at radius 3 is 2.53 bits per heavy atom. The maximum Gasteiger partial charge on any atom is 0.417 e. The van der Waals surface area contributed by atoms with E-state index in [0.717, 1.165) is 35.7 Å². The summed E-state index contributed by atoms with van der Waals surface area (Å²) in [6.07, 6.45) is -2.05. The lowest BCUT2D eigenvalue weighted by atomic mass is 10.3. The van der Waals surface area contributed by atoms with Crippen LogP contribution in [-0.4, -0.2) is 43.8 Å². The summed E-state index contributed by atoms with van der Waals surface area (Å²) in [5.74, 6) is 1.30. The van der Waals surface area contributed by atoms with E-state index >= 15 is 0 Å². The Morgan fingerprint density at radius 1 is 1.17 bits per heavy atom. The summed E-state index contributed by atoms with van der Waals surface area (Å²) in [7, 11) is 3.46. The number of pyridine rings is 2. The van der Waals surface area contributed by atoms with Gasteiger partial charge in [0.2, 0.25) is 5.13 Å². The zero-order valence-corrected chi connectivity index (χ0v) is 18.2. The van der Waals surface area contributed by atoms with E-state index in [1.807, 2.05) is 13.8 Å². The van der Waals surface area contributed by atoms with Gasteiger partial charge in [-0.2, -0.15) is 22.5 Å². The molecule has 30 heavy (non-hydrogen) atoms. The molecular weight excluding hydrogens is 437 g/mol. The van der Waals surface area contributed by atoms with Crippen LogP contribution in [0.25, 0.3) is 11.5 Å². The molecule has 0 aliphatic carbocycles. The molecule has 7 nitrogen and oxygen atoms in total. The van der Waals surface area contributed by atoms with Gasteiger partial charge >= 0.3 is 6.18 Å². The van der Waals surface area contributed by atoms with Gasteiger partial charge in [-0.15, -0.1) is 0 Å². The molecule has 3 heterocycles. The standard InChI is InChI=1S/C18H19F3N6OS2/c1-10(2)28-12-5-6-13(22-9-12)15-24-17(29-26-15)25-16-14(30-27(3)4)7-11(8-23-16)18(19,20)21/h5-10H,1-4H3,(H,23,24,25,26). The number of hydrogen-bond acceptors (Lipinski definition) is 9. The van der Waals surface area contributed by atoms with Crippen LogP contribution < -0.4 is 10.1 Å². The number of nitrogens with zero attached hydrogens (tertiary/aromatic N) is 5. The first-order chi connectivity index (χ1) is 14.1. The van der Waals surface area contributed by atoms with Gasteiger partial charge in [-0.1, -0.05) is 0 Å². The predicted molar refractivity (Wildman–Crippen MR) is 111 cm³/mol. The van der Waals surface area contributed by atoms with Crippen LogP contribution in [0.1, 0.15) is 19.4 Å². The number of halogens is 3. The summed E-state index contributed by atoms with van der Waals surface area (Å²) in [6, 6.07) is 4.57. The number of nitrogens with one attached hydrogen (secondary N) is 1. The van der Waals surface area contributed by atoms with Crippen LogP contribution in [0.3, 0.4) is 0 Å². The molecule has 0 unspecified atom stereocenters. The average molecular weight is 457 g/mol. The topological polar surface area (TPSA) is 76.1 Å². The second-order valence-corrected chi connectivity index (χ2v) is 8.67. The average Bonchev–Trinajstić information content (AvgIpc) is 3.10. The van der Waals surface area contributed by atoms with Crippen molar-refractivity contribution < 1.29 is 17.9 Å². The lowest BCUT2D eigenvalue weighted by Crippen LogP contribution is -2.09. The number of rotatable bonds is 7. The highest BCUT2D eigenvalue weighted by Gasteiger charge is 2.32. The molecule has 0 fully saturated rings. The molecular formula is C18H19F3N6OS2. The van der Waals surface area contributed by atoms with Crippen LogP contribution >= 0.6 is 23.5 Å². The summed E-state index contributed by atoms with van der Waals surface area (Å²) >= 11 is 2.19. The molecule has 160 valence electrons. The fourth-order valence-corrected chi connectivity index (χ4v) is 3.63. The van der Waals surface area contributed by atoms with E-state index < -0.39 is 11.7 Å². The highest BCUT2D eigenvalue weighted by atomic mass is 32.2. The van der Waals surface area contributed by atoms with Gasteiger partial charge in [0.1, 0.15) is 17.3 Å². The van der Waals surface area contributed by atoms with Crippen LogP contribution in [0.2, 0.25) is 0 Å². The van der Waals surface area contributed by atoms with Crippen LogP contribution in [-0.2, 0) is 6.18 Å². The number of ether oxygens (including phenoxy) is 1. The lowest BCUT2D eigenvalue weighted by Gasteiger charge is -2.15. The summed E-state index contributed by atoms with van der Waals surface area (Å²) in [5, 5.41) is 3.34. The Labute approximate surface area is 180 Å². The molecule has 3 aromatic rings. The van der Waals surface area contributed by atoms with E-state index in [2.05, 4.69) is 24.6 Å². The van der Waals surface area contributed by atoms with Gasteiger partial charge in [0.25, 0.3) is 0 Å². The minimum absolute atomic E-state index is 0.0383. The predicted octanol–water partition coefficient (Wildman–Crippen LogP) is 5.11. The molecule has 0 aliphatic heterocycles. The van der Waals surface area contributed by atoms with Crippen molar-refractivity contribution in [1.82, 2.24) is 23.6 Å². The lowest BCUT2D eigenvalue weighted by molar-refractivity contribution is -0.138. The fourth-order valence-electron chi connectivity index (χ4n) is 2.29. The minimum Gasteiger partial charge on any atom is -0.489 e. The summed E-state index contributed by atoms with van der Waals surface area (Å²) in [5.41, 5.74) is -0.262. The highest BCUT2D eigenvalue weighted by molar-refractivity contribution is 7.97. The molecule has 0 amide bonds. The Kier molecular flexibility index (Phi) is 6.78. The number of aromatic nitrogens is 4. The van der Waals surface area contributed by atoms with E-state index in [1.54, 1.807) is 36.7 Å². The van der Waals surface area contributed by atoms with Crippen LogP contribution in [0.4, 0.5) is 24.1 Å². The van der Waals surface area contributed by atoms with Crippen LogP contribution in [0.5, 0.6) is 5.75 Å². The largest absolute Gasteiger partial charge is 0.489 e. The van der Waals surface area contributed by atoms with Gasteiger partial charge < -0.3 is 10.1 Å². The Hall–Kier alpha value is -2.44. The van der Waals surface area contributed by atoms with Crippen molar-refractivity contribution in [1.29, 1.82) is 0 Å². The summed E-state index contributed by atoms with van der Waals surface area (Å²) in [6.45, 7) is 3.85. The molecule has 3 rings (SSSR count). The second kappa shape index (κ2) is 9.14. The molecule has 0 aliphatic rings. The van der Waals surface area contributed by atoms with Gasteiger partial charge in [0.15, 0.2) is 5.82 Å². The summed E-state index contributed by atoms with van der Waals surface area (Å²) in [4.78, 5) is 12.9. The smallest absolute Gasteiger partial charge is 0.417 e. The van der Waals surface area contributed by atoms with Crippen LogP contribution in [0, 0.1) is 0 Å². The first-order valence-corrected chi connectivity index (χ1v) is 10.3. The van der Waals surface area contributed by atoms with Crippen molar-refractivity contribution in [3.8, 4) is 17.3 Å². The van der Waals surface area contributed by atoms with Crippen molar-refractivity contribution in [2.24, 2.45) is 0 Å². The van der Waals surface area contributed by atoms with Crippen molar-refractivity contribution in [3.63, 3.8) is 0 Å². The first-order valence-electron chi connectivity index (χ1n) is 8.78. The minimum atomic E-state index is -4.47.